The summed E-state index contributed by atoms with van der Waals surface area (Å²) >= 11 is 1.14. The topological polar surface area (TPSA) is 46.5 Å². The second kappa shape index (κ2) is 5.45. The van der Waals surface area contributed by atoms with Crippen LogP contribution in [0.15, 0.2) is 30.3 Å². The van der Waals surface area contributed by atoms with Crippen LogP contribution in [0.25, 0.3) is 0 Å². The monoisotopic (exact) mass is 276 g/mol. The number of aryl methyl sites for hydroxylation is 1. The van der Waals surface area contributed by atoms with E-state index in [1.54, 1.807) is 12.1 Å². The number of hydrogen-bond acceptors (Lipinski definition) is 3. The predicted octanol–water partition coefficient (Wildman–Crippen LogP) is 4.67. The van der Waals surface area contributed by atoms with Crippen LogP contribution in [0.3, 0.4) is 0 Å². The van der Waals surface area contributed by atoms with Crippen molar-refractivity contribution in [2.75, 3.05) is 0 Å². The first-order valence-electron chi connectivity index (χ1n) is 6.09. The van der Waals surface area contributed by atoms with Gasteiger partial charge in [-0.15, -0.1) is 0 Å². The van der Waals surface area contributed by atoms with Gasteiger partial charge in [-0.2, -0.15) is 0 Å². The summed E-state index contributed by atoms with van der Waals surface area (Å²) in [7, 11) is 0. The minimum absolute atomic E-state index is 0.285. The van der Waals surface area contributed by atoms with Crippen molar-refractivity contribution in [3.8, 4) is 10.8 Å². The number of carboxylic acids is 1. The van der Waals surface area contributed by atoms with Crippen molar-refractivity contribution >= 4 is 17.3 Å². The summed E-state index contributed by atoms with van der Waals surface area (Å²) in [5.74, 6) is 0.290. The molecule has 0 amide bonds. The largest absolute Gasteiger partial charge is 0.477 e. The van der Waals surface area contributed by atoms with Gasteiger partial charge in [0.1, 0.15) is 10.6 Å². The first-order chi connectivity index (χ1) is 8.97. The van der Waals surface area contributed by atoms with Crippen LogP contribution in [0, 0.1) is 6.92 Å². The first kappa shape index (κ1) is 13.6. The smallest absolute Gasteiger partial charge is 0.345 e. The van der Waals surface area contributed by atoms with E-state index in [4.69, 9.17) is 9.84 Å². The van der Waals surface area contributed by atoms with E-state index in [9.17, 15) is 4.79 Å². The molecule has 0 aliphatic carbocycles. The summed E-state index contributed by atoms with van der Waals surface area (Å²) in [6.07, 6.45) is 0. The Kier molecular flexibility index (Phi) is 3.90. The van der Waals surface area contributed by atoms with E-state index in [2.05, 4.69) is 19.9 Å². The molecule has 19 heavy (non-hydrogen) atoms. The Labute approximate surface area is 116 Å². The lowest BCUT2D eigenvalue weighted by molar-refractivity contribution is 0.0702. The minimum Gasteiger partial charge on any atom is -0.477 e. The molecular weight excluding hydrogens is 260 g/mol. The number of carboxylic acid groups (broad SMARTS) is 1. The number of rotatable bonds is 4. The fraction of sp³-hybridized carbons (Fsp3) is 0.267. The van der Waals surface area contributed by atoms with Crippen molar-refractivity contribution in [1.82, 2.24) is 0 Å². The average Bonchev–Trinajstić information content (AvgIpc) is 2.80. The average molecular weight is 276 g/mol. The fourth-order valence-corrected chi connectivity index (χ4v) is 2.39. The second-order valence-corrected chi connectivity index (χ2v) is 5.75. The summed E-state index contributed by atoms with van der Waals surface area (Å²) in [6.45, 7) is 6.23. The van der Waals surface area contributed by atoms with Crippen LogP contribution in [-0.4, -0.2) is 11.1 Å². The Hall–Kier alpha value is -1.81. The van der Waals surface area contributed by atoms with Crippen molar-refractivity contribution in [3.05, 3.63) is 46.3 Å². The third-order valence-corrected chi connectivity index (χ3v) is 3.83. The standard InChI is InChI=1S/C15H16O3S/c1-9(2)11-5-4-10(3)12(8-11)18-14-7-6-13(19-14)15(16)17/h4-9H,1-3H3,(H,16,17). The highest BCUT2D eigenvalue weighted by atomic mass is 32.1. The molecule has 0 fully saturated rings. The molecule has 1 aromatic heterocycles. The van der Waals surface area contributed by atoms with Gasteiger partial charge in [0.15, 0.2) is 5.06 Å². The van der Waals surface area contributed by atoms with Crippen LogP contribution >= 0.6 is 11.3 Å². The summed E-state index contributed by atoms with van der Waals surface area (Å²) < 4.78 is 5.79. The molecule has 0 saturated carbocycles. The van der Waals surface area contributed by atoms with Gasteiger partial charge < -0.3 is 9.84 Å². The summed E-state index contributed by atoms with van der Waals surface area (Å²) in [5, 5.41) is 9.49. The lowest BCUT2D eigenvalue weighted by Crippen LogP contribution is -1.91. The van der Waals surface area contributed by atoms with Gasteiger partial charge in [0.05, 0.1) is 0 Å². The second-order valence-electron chi connectivity index (χ2n) is 4.71. The number of carbonyl (C=O) groups is 1. The van der Waals surface area contributed by atoms with Crippen LogP contribution in [0.2, 0.25) is 0 Å². The highest BCUT2D eigenvalue weighted by Gasteiger charge is 2.10. The van der Waals surface area contributed by atoms with Crippen LogP contribution < -0.4 is 4.74 Å². The van der Waals surface area contributed by atoms with E-state index in [0.29, 0.717) is 11.0 Å². The molecule has 0 spiro atoms. The van der Waals surface area contributed by atoms with Gasteiger partial charge in [0.2, 0.25) is 0 Å². The first-order valence-corrected chi connectivity index (χ1v) is 6.90. The molecule has 4 heteroatoms. The number of ether oxygens (including phenoxy) is 1. The normalized spacial score (nSPS) is 10.7. The van der Waals surface area contributed by atoms with Crippen LogP contribution in [0.4, 0.5) is 0 Å². The van der Waals surface area contributed by atoms with E-state index < -0.39 is 5.97 Å². The molecular formula is C15H16O3S. The Morgan fingerprint density at radius 1 is 1.26 bits per heavy atom. The summed E-state index contributed by atoms with van der Waals surface area (Å²) in [4.78, 5) is 11.1. The zero-order chi connectivity index (χ0) is 14.0. The molecule has 1 aromatic carbocycles. The molecule has 0 radical (unpaired) electrons. The molecule has 2 rings (SSSR count). The Morgan fingerprint density at radius 3 is 2.58 bits per heavy atom. The zero-order valence-electron chi connectivity index (χ0n) is 11.1. The Morgan fingerprint density at radius 2 is 2.00 bits per heavy atom. The molecule has 0 aliphatic heterocycles. The number of thiophene rings is 1. The van der Waals surface area contributed by atoms with Gasteiger partial charge in [0.25, 0.3) is 0 Å². The molecule has 0 atom stereocenters. The molecule has 1 heterocycles. The zero-order valence-corrected chi connectivity index (χ0v) is 12.0. The number of aromatic carboxylic acids is 1. The maximum atomic E-state index is 10.8. The third kappa shape index (κ3) is 3.15. The quantitative estimate of drug-likeness (QED) is 0.882. The number of benzene rings is 1. The Balaban J connectivity index is 2.26. The number of hydrogen-bond donors (Lipinski definition) is 1. The molecule has 2 aromatic rings. The maximum absolute atomic E-state index is 10.8. The molecule has 100 valence electrons. The predicted molar refractivity (Wildman–Crippen MR) is 76.6 cm³/mol. The highest BCUT2D eigenvalue weighted by Crippen LogP contribution is 2.33. The van der Waals surface area contributed by atoms with Crippen molar-refractivity contribution in [3.63, 3.8) is 0 Å². The van der Waals surface area contributed by atoms with E-state index in [1.165, 1.54) is 5.56 Å². The summed E-state index contributed by atoms with van der Waals surface area (Å²) in [6, 6.07) is 9.38. The van der Waals surface area contributed by atoms with Gasteiger partial charge in [-0.05, 0) is 42.2 Å². The van der Waals surface area contributed by atoms with Gasteiger partial charge in [0, 0.05) is 0 Å². The highest BCUT2D eigenvalue weighted by molar-refractivity contribution is 7.15. The lowest BCUT2D eigenvalue weighted by Gasteiger charge is -2.11. The molecule has 0 unspecified atom stereocenters. The summed E-state index contributed by atoms with van der Waals surface area (Å²) in [5.41, 5.74) is 2.24. The van der Waals surface area contributed by atoms with Crippen molar-refractivity contribution in [1.29, 1.82) is 0 Å². The van der Waals surface area contributed by atoms with Gasteiger partial charge >= 0.3 is 5.97 Å². The van der Waals surface area contributed by atoms with Crippen molar-refractivity contribution < 1.29 is 14.6 Å². The van der Waals surface area contributed by atoms with E-state index in [-0.39, 0.29) is 4.88 Å². The van der Waals surface area contributed by atoms with Gasteiger partial charge in [-0.25, -0.2) is 4.79 Å². The molecule has 3 nitrogen and oxygen atoms in total. The van der Waals surface area contributed by atoms with Gasteiger partial charge in [-0.3, -0.25) is 0 Å². The van der Waals surface area contributed by atoms with E-state index in [0.717, 1.165) is 22.6 Å². The molecule has 0 bridgehead atoms. The van der Waals surface area contributed by atoms with Crippen LogP contribution in [0.1, 0.15) is 40.6 Å². The fourth-order valence-electron chi connectivity index (χ4n) is 1.68. The maximum Gasteiger partial charge on any atom is 0.345 e. The Bertz CT molecular complexity index is 599. The molecule has 0 saturated heterocycles. The molecule has 1 N–H and O–H groups in total. The van der Waals surface area contributed by atoms with E-state index >= 15 is 0 Å². The van der Waals surface area contributed by atoms with E-state index in [1.807, 2.05) is 19.1 Å². The molecule has 0 aliphatic rings. The van der Waals surface area contributed by atoms with Crippen molar-refractivity contribution in [2.24, 2.45) is 0 Å². The minimum atomic E-state index is -0.924. The third-order valence-electron chi connectivity index (χ3n) is 2.88. The van der Waals surface area contributed by atoms with Crippen LogP contribution in [-0.2, 0) is 0 Å². The van der Waals surface area contributed by atoms with Gasteiger partial charge in [-0.1, -0.05) is 37.3 Å². The lowest BCUT2D eigenvalue weighted by atomic mass is 10.0. The SMILES string of the molecule is Cc1ccc(C(C)C)cc1Oc1ccc(C(=O)O)s1. The van der Waals surface area contributed by atoms with Crippen LogP contribution in [0.5, 0.6) is 10.8 Å². The van der Waals surface area contributed by atoms with Crippen molar-refractivity contribution in [2.45, 2.75) is 26.7 Å².